The second kappa shape index (κ2) is 9.64. The lowest BCUT2D eigenvalue weighted by molar-refractivity contribution is 0.0952. The summed E-state index contributed by atoms with van der Waals surface area (Å²) in [5, 5.41) is 6.94. The number of rotatable bonds is 9. The van der Waals surface area contributed by atoms with Crippen LogP contribution in [0.2, 0.25) is 0 Å². The first-order valence-electron chi connectivity index (χ1n) is 9.33. The van der Waals surface area contributed by atoms with E-state index in [2.05, 4.69) is 20.4 Å². The van der Waals surface area contributed by atoms with Gasteiger partial charge in [-0.2, -0.15) is 4.98 Å². The van der Waals surface area contributed by atoms with Gasteiger partial charge in [-0.3, -0.25) is 9.78 Å². The van der Waals surface area contributed by atoms with Gasteiger partial charge in [-0.1, -0.05) is 11.6 Å². The number of nitrogens with one attached hydrogen (secondary N) is 1. The largest absolute Gasteiger partial charge is 0.497 e. The Morgan fingerprint density at radius 2 is 1.93 bits per heavy atom. The molecule has 0 spiro atoms. The minimum Gasteiger partial charge on any atom is -0.497 e. The Hall–Kier alpha value is -3.22. The Balaban J connectivity index is 1.36. The average Bonchev–Trinajstić information content (AvgIpc) is 3.20. The van der Waals surface area contributed by atoms with Crippen LogP contribution in [-0.4, -0.2) is 34.7 Å². The highest BCUT2D eigenvalue weighted by Gasteiger charge is 2.09. The molecule has 0 unspecified atom stereocenters. The number of nitrogens with zero attached hydrogens (tertiary/aromatic N) is 3. The van der Waals surface area contributed by atoms with Crippen LogP contribution in [-0.2, 0) is 6.42 Å². The molecule has 1 aromatic carbocycles. The van der Waals surface area contributed by atoms with Gasteiger partial charge in [0.05, 0.1) is 12.7 Å². The molecule has 0 saturated carbocycles. The molecule has 0 atom stereocenters. The van der Waals surface area contributed by atoms with Crippen LogP contribution >= 0.6 is 0 Å². The molecule has 28 heavy (non-hydrogen) atoms. The van der Waals surface area contributed by atoms with E-state index in [1.807, 2.05) is 37.3 Å². The summed E-state index contributed by atoms with van der Waals surface area (Å²) >= 11 is 0. The van der Waals surface area contributed by atoms with Crippen LogP contribution in [0.25, 0.3) is 11.4 Å². The fraction of sp³-hybridized carbons (Fsp3) is 0.333. The van der Waals surface area contributed by atoms with Crippen LogP contribution < -0.4 is 10.1 Å². The molecule has 0 aliphatic heterocycles. The van der Waals surface area contributed by atoms with E-state index in [0.717, 1.165) is 42.7 Å². The predicted molar refractivity (Wildman–Crippen MR) is 105 cm³/mol. The van der Waals surface area contributed by atoms with Gasteiger partial charge in [-0.15, -0.1) is 0 Å². The molecule has 7 heteroatoms. The summed E-state index contributed by atoms with van der Waals surface area (Å²) < 4.78 is 10.5. The van der Waals surface area contributed by atoms with Crippen molar-refractivity contribution >= 4 is 5.91 Å². The molecule has 0 saturated heterocycles. The first kappa shape index (κ1) is 19.5. The Labute approximate surface area is 164 Å². The van der Waals surface area contributed by atoms with Crippen LogP contribution in [0.5, 0.6) is 5.75 Å². The lowest BCUT2D eigenvalue weighted by Gasteiger charge is -2.04. The summed E-state index contributed by atoms with van der Waals surface area (Å²) in [7, 11) is 1.63. The number of hydrogen-bond donors (Lipinski definition) is 1. The third kappa shape index (κ3) is 5.39. The Morgan fingerprint density at radius 1 is 1.11 bits per heavy atom. The maximum atomic E-state index is 12.0. The zero-order valence-electron chi connectivity index (χ0n) is 16.1. The summed E-state index contributed by atoms with van der Waals surface area (Å²) in [5.41, 5.74) is 2.37. The topological polar surface area (TPSA) is 90.1 Å². The Bertz CT molecular complexity index is 889. The maximum absolute atomic E-state index is 12.0. The minimum absolute atomic E-state index is 0.0893. The second-order valence-electron chi connectivity index (χ2n) is 6.50. The fourth-order valence-electron chi connectivity index (χ4n) is 2.70. The average molecular weight is 380 g/mol. The fourth-order valence-corrected chi connectivity index (χ4v) is 2.70. The summed E-state index contributed by atoms with van der Waals surface area (Å²) in [6.45, 7) is 2.53. The molecule has 0 aliphatic rings. The number of carbonyl (C=O) groups excluding carboxylic acids is 1. The van der Waals surface area contributed by atoms with Gasteiger partial charge in [0.15, 0.2) is 0 Å². The SMILES string of the molecule is COc1ccc(-c2noc(CCCCCNC(=O)c3ccc(C)nc3)n2)cc1. The van der Waals surface area contributed by atoms with Crippen LogP contribution in [0, 0.1) is 6.92 Å². The molecule has 1 amide bonds. The predicted octanol–water partition coefficient (Wildman–Crippen LogP) is 3.59. The first-order chi connectivity index (χ1) is 13.7. The molecule has 0 bridgehead atoms. The standard InChI is InChI=1S/C21H24N4O3/c1-15-7-8-17(14-23-15)21(26)22-13-5-3-4-6-19-24-20(25-28-19)16-9-11-18(27-2)12-10-16/h7-12,14H,3-6,13H2,1-2H3,(H,22,26). The lowest BCUT2D eigenvalue weighted by atomic mass is 10.2. The molecular weight excluding hydrogens is 356 g/mol. The summed E-state index contributed by atoms with van der Waals surface area (Å²) in [6.07, 6.45) is 5.10. The molecule has 7 nitrogen and oxygen atoms in total. The number of pyridine rings is 1. The lowest BCUT2D eigenvalue weighted by Crippen LogP contribution is -2.24. The van der Waals surface area contributed by atoms with Gasteiger partial charge in [0.25, 0.3) is 5.91 Å². The van der Waals surface area contributed by atoms with Gasteiger partial charge in [0.2, 0.25) is 11.7 Å². The van der Waals surface area contributed by atoms with Gasteiger partial charge in [0.1, 0.15) is 5.75 Å². The number of unbranched alkanes of at least 4 members (excludes halogenated alkanes) is 2. The highest BCUT2D eigenvalue weighted by atomic mass is 16.5. The molecule has 0 radical (unpaired) electrons. The number of hydrogen-bond acceptors (Lipinski definition) is 6. The molecule has 0 aliphatic carbocycles. The molecule has 146 valence electrons. The normalized spacial score (nSPS) is 10.6. The summed E-state index contributed by atoms with van der Waals surface area (Å²) in [4.78, 5) is 20.6. The van der Waals surface area contributed by atoms with E-state index in [0.29, 0.717) is 23.8 Å². The smallest absolute Gasteiger partial charge is 0.252 e. The van der Waals surface area contributed by atoms with E-state index in [1.54, 1.807) is 19.4 Å². The maximum Gasteiger partial charge on any atom is 0.252 e. The van der Waals surface area contributed by atoms with Gasteiger partial charge < -0.3 is 14.6 Å². The van der Waals surface area contributed by atoms with E-state index in [9.17, 15) is 4.79 Å². The zero-order valence-corrected chi connectivity index (χ0v) is 16.1. The number of aryl methyl sites for hydroxylation is 2. The van der Waals surface area contributed by atoms with Crippen molar-refractivity contribution in [1.82, 2.24) is 20.4 Å². The number of benzene rings is 1. The van der Waals surface area contributed by atoms with Crippen molar-refractivity contribution in [1.29, 1.82) is 0 Å². The van der Waals surface area contributed by atoms with E-state index in [-0.39, 0.29) is 5.91 Å². The number of aromatic nitrogens is 3. The van der Waals surface area contributed by atoms with Crippen molar-refractivity contribution in [2.45, 2.75) is 32.6 Å². The second-order valence-corrected chi connectivity index (χ2v) is 6.50. The van der Waals surface area contributed by atoms with E-state index in [4.69, 9.17) is 9.26 Å². The van der Waals surface area contributed by atoms with Crippen LogP contribution in [0.15, 0.2) is 47.1 Å². The van der Waals surface area contributed by atoms with Crippen LogP contribution in [0.4, 0.5) is 0 Å². The van der Waals surface area contributed by atoms with Crippen molar-refractivity contribution in [2.24, 2.45) is 0 Å². The van der Waals surface area contributed by atoms with Gasteiger partial charge in [0, 0.05) is 30.4 Å². The van der Waals surface area contributed by atoms with Crippen molar-refractivity contribution in [3.05, 3.63) is 59.7 Å². The third-order valence-corrected chi connectivity index (χ3v) is 4.34. The molecular formula is C21H24N4O3. The highest BCUT2D eigenvalue weighted by molar-refractivity contribution is 5.93. The monoisotopic (exact) mass is 380 g/mol. The third-order valence-electron chi connectivity index (χ3n) is 4.34. The van der Waals surface area contributed by atoms with Crippen molar-refractivity contribution in [3.8, 4) is 17.1 Å². The van der Waals surface area contributed by atoms with E-state index >= 15 is 0 Å². The van der Waals surface area contributed by atoms with E-state index < -0.39 is 0 Å². The zero-order chi connectivity index (χ0) is 19.8. The Kier molecular flexibility index (Phi) is 6.73. The van der Waals surface area contributed by atoms with Crippen molar-refractivity contribution in [2.75, 3.05) is 13.7 Å². The number of ether oxygens (including phenoxy) is 1. The first-order valence-corrected chi connectivity index (χ1v) is 9.33. The van der Waals surface area contributed by atoms with Gasteiger partial charge in [-0.25, -0.2) is 0 Å². The van der Waals surface area contributed by atoms with Crippen molar-refractivity contribution in [3.63, 3.8) is 0 Å². The molecule has 0 fully saturated rings. The molecule has 1 N–H and O–H groups in total. The molecule has 2 heterocycles. The molecule has 3 aromatic rings. The van der Waals surface area contributed by atoms with Gasteiger partial charge in [-0.05, 0) is 56.2 Å². The minimum atomic E-state index is -0.0893. The van der Waals surface area contributed by atoms with E-state index in [1.165, 1.54) is 0 Å². The highest BCUT2D eigenvalue weighted by Crippen LogP contribution is 2.20. The van der Waals surface area contributed by atoms with Crippen molar-refractivity contribution < 1.29 is 14.1 Å². The van der Waals surface area contributed by atoms with Crippen LogP contribution in [0.1, 0.15) is 41.2 Å². The summed E-state index contributed by atoms with van der Waals surface area (Å²) in [6, 6.07) is 11.2. The molecule has 3 rings (SSSR count). The molecule has 2 aromatic heterocycles. The number of carbonyl (C=O) groups is 1. The quantitative estimate of drug-likeness (QED) is 0.571. The summed E-state index contributed by atoms with van der Waals surface area (Å²) in [5.74, 6) is 1.91. The Morgan fingerprint density at radius 3 is 2.64 bits per heavy atom. The number of methoxy groups -OCH3 is 1. The van der Waals surface area contributed by atoms with Crippen LogP contribution in [0.3, 0.4) is 0 Å². The number of amides is 1. The van der Waals surface area contributed by atoms with Gasteiger partial charge >= 0.3 is 0 Å².